The molecule has 0 aliphatic carbocycles. The fourth-order valence-electron chi connectivity index (χ4n) is 1.11. The van der Waals surface area contributed by atoms with Gasteiger partial charge in [0.2, 0.25) is 5.88 Å². The molecule has 0 bridgehead atoms. The van der Waals surface area contributed by atoms with Crippen LogP contribution in [0.3, 0.4) is 0 Å². The van der Waals surface area contributed by atoms with E-state index >= 15 is 0 Å². The quantitative estimate of drug-likeness (QED) is 0.685. The summed E-state index contributed by atoms with van der Waals surface area (Å²) in [5, 5.41) is 8.77. The van der Waals surface area contributed by atoms with Gasteiger partial charge in [0.1, 0.15) is 0 Å². The fraction of sp³-hybridized carbons (Fsp3) is 0.444. The lowest BCUT2D eigenvalue weighted by molar-refractivity contribution is 0.264. The first kappa shape index (κ1) is 9.95. The molecule has 0 amide bonds. The number of aliphatic hydroxyl groups excluding tert-OH is 1. The lowest BCUT2D eigenvalue weighted by atomic mass is 10.1. The molecule has 72 valence electrons. The van der Waals surface area contributed by atoms with E-state index in [-0.39, 0.29) is 12.6 Å². The van der Waals surface area contributed by atoms with E-state index in [1.165, 1.54) is 0 Å². The lowest BCUT2D eigenvalue weighted by Crippen LogP contribution is -2.27. The molecule has 1 atom stereocenters. The van der Waals surface area contributed by atoms with Gasteiger partial charge < -0.3 is 15.6 Å². The molecule has 13 heavy (non-hydrogen) atoms. The molecule has 1 unspecified atom stereocenters. The maximum Gasteiger partial charge on any atom is 0.216 e. The zero-order valence-corrected chi connectivity index (χ0v) is 7.60. The molecule has 0 aromatic carbocycles. The van der Waals surface area contributed by atoms with Gasteiger partial charge in [-0.2, -0.15) is 0 Å². The topological polar surface area (TPSA) is 68.4 Å². The maximum atomic E-state index is 8.77. The van der Waals surface area contributed by atoms with Crippen LogP contribution in [0.4, 0.5) is 0 Å². The van der Waals surface area contributed by atoms with Gasteiger partial charge in [0.15, 0.2) is 0 Å². The number of rotatable bonds is 4. The average Bonchev–Trinajstić information content (AvgIpc) is 2.18. The SMILES string of the molecule is COc1ncccc1CC(N)CO. The molecule has 0 aliphatic heterocycles. The molecular weight excluding hydrogens is 168 g/mol. The minimum atomic E-state index is -0.252. The molecule has 1 aromatic rings. The van der Waals surface area contributed by atoms with Crippen molar-refractivity contribution in [3.8, 4) is 5.88 Å². The highest BCUT2D eigenvalue weighted by molar-refractivity contribution is 5.26. The van der Waals surface area contributed by atoms with Crippen molar-refractivity contribution in [1.29, 1.82) is 0 Å². The Morgan fingerprint density at radius 2 is 2.46 bits per heavy atom. The molecule has 0 radical (unpaired) electrons. The summed E-state index contributed by atoms with van der Waals surface area (Å²) in [4.78, 5) is 4.03. The summed E-state index contributed by atoms with van der Waals surface area (Å²) in [5.74, 6) is 0.575. The van der Waals surface area contributed by atoms with E-state index in [0.29, 0.717) is 12.3 Å². The Kier molecular flexibility index (Phi) is 3.67. The number of nitrogens with two attached hydrogens (primary N) is 1. The van der Waals surface area contributed by atoms with Crippen molar-refractivity contribution < 1.29 is 9.84 Å². The third kappa shape index (κ3) is 2.68. The minimum absolute atomic E-state index is 0.0297. The highest BCUT2D eigenvalue weighted by atomic mass is 16.5. The zero-order chi connectivity index (χ0) is 9.68. The molecule has 1 rings (SSSR count). The Morgan fingerprint density at radius 3 is 3.08 bits per heavy atom. The van der Waals surface area contributed by atoms with E-state index in [2.05, 4.69) is 4.98 Å². The highest BCUT2D eigenvalue weighted by Gasteiger charge is 2.07. The van der Waals surface area contributed by atoms with Crippen molar-refractivity contribution in [3.63, 3.8) is 0 Å². The molecular formula is C9H14N2O2. The van der Waals surface area contributed by atoms with Crippen molar-refractivity contribution in [3.05, 3.63) is 23.9 Å². The van der Waals surface area contributed by atoms with Crippen LogP contribution in [0.25, 0.3) is 0 Å². The Bertz CT molecular complexity index is 266. The van der Waals surface area contributed by atoms with Crippen LogP contribution >= 0.6 is 0 Å². The Hall–Kier alpha value is -1.13. The number of aromatic nitrogens is 1. The van der Waals surface area contributed by atoms with Crippen molar-refractivity contribution in [2.75, 3.05) is 13.7 Å². The van der Waals surface area contributed by atoms with Gasteiger partial charge in [-0.05, 0) is 12.5 Å². The van der Waals surface area contributed by atoms with E-state index in [0.717, 1.165) is 5.56 Å². The average molecular weight is 182 g/mol. The van der Waals surface area contributed by atoms with Crippen molar-refractivity contribution in [1.82, 2.24) is 4.98 Å². The van der Waals surface area contributed by atoms with Gasteiger partial charge in [0, 0.05) is 17.8 Å². The van der Waals surface area contributed by atoms with Gasteiger partial charge >= 0.3 is 0 Å². The Morgan fingerprint density at radius 1 is 1.69 bits per heavy atom. The van der Waals surface area contributed by atoms with E-state index in [1.54, 1.807) is 13.3 Å². The van der Waals surface area contributed by atoms with Gasteiger partial charge in [0.25, 0.3) is 0 Å². The summed E-state index contributed by atoms with van der Waals surface area (Å²) in [5.41, 5.74) is 6.52. The van der Waals surface area contributed by atoms with Crippen molar-refractivity contribution in [2.24, 2.45) is 5.73 Å². The molecule has 1 aromatic heterocycles. The van der Waals surface area contributed by atoms with Gasteiger partial charge in [-0.15, -0.1) is 0 Å². The van der Waals surface area contributed by atoms with Crippen LogP contribution in [0.15, 0.2) is 18.3 Å². The van der Waals surface area contributed by atoms with Crippen LogP contribution in [0.2, 0.25) is 0 Å². The second-order valence-corrected chi connectivity index (χ2v) is 2.82. The van der Waals surface area contributed by atoms with Gasteiger partial charge in [0.05, 0.1) is 13.7 Å². The van der Waals surface area contributed by atoms with Gasteiger partial charge in [-0.3, -0.25) is 0 Å². The Balaban J connectivity index is 2.74. The molecule has 0 saturated heterocycles. The monoisotopic (exact) mass is 182 g/mol. The van der Waals surface area contributed by atoms with Gasteiger partial charge in [-0.1, -0.05) is 6.07 Å². The zero-order valence-electron chi connectivity index (χ0n) is 7.60. The predicted molar refractivity (Wildman–Crippen MR) is 49.6 cm³/mol. The summed E-state index contributed by atoms with van der Waals surface area (Å²) < 4.78 is 5.04. The first-order chi connectivity index (χ1) is 6.27. The Labute approximate surface area is 77.4 Å². The molecule has 0 spiro atoms. The summed E-state index contributed by atoms with van der Waals surface area (Å²) >= 11 is 0. The van der Waals surface area contributed by atoms with Crippen LogP contribution in [0, 0.1) is 0 Å². The standard InChI is InChI=1S/C9H14N2O2/c1-13-9-7(3-2-4-11-9)5-8(10)6-12/h2-4,8,12H,5-6,10H2,1H3. The van der Waals surface area contributed by atoms with Crippen molar-refractivity contribution in [2.45, 2.75) is 12.5 Å². The second kappa shape index (κ2) is 4.79. The van der Waals surface area contributed by atoms with Crippen LogP contribution in [-0.4, -0.2) is 29.8 Å². The van der Waals surface area contributed by atoms with Crippen LogP contribution in [-0.2, 0) is 6.42 Å². The molecule has 4 nitrogen and oxygen atoms in total. The minimum Gasteiger partial charge on any atom is -0.481 e. The summed E-state index contributed by atoms with van der Waals surface area (Å²) in [6.45, 7) is -0.0297. The van der Waals surface area contributed by atoms with Crippen molar-refractivity contribution >= 4 is 0 Å². The normalized spacial score (nSPS) is 12.5. The van der Waals surface area contributed by atoms with Gasteiger partial charge in [-0.25, -0.2) is 4.98 Å². The van der Waals surface area contributed by atoms with E-state index in [4.69, 9.17) is 15.6 Å². The predicted octanol–water partition coefficient (Wildman–Crippen LogP) is -0.0477. The third-order valence-corrected chi connectivity index (χ3v) is 1.76. The number of pyridine rings is 1. The largest absolute Gasteiger partial charge is 0.481 e. The number of hydrogen-bond donors (Lipinski definition) is 2. The lowest BCUT2D eigenvalue weighted by Gasteiger charge is -2.10. The fourth-order valence-corrected chi connectivity index (χ4v) is 1.11. The first-order valence-corrected chi connectivity index (χ1v) is 4.12. The van der Waals surface area contributed by atoms with Crippen LogP contribution in [0.5, 0.6) is 5.88 Å². The molecule has 1 heterocycles. The number of hydrogen-bond acceptors (Lipinski definition) is 4. The van der Waals surface area contributed by atoms with Crippen LogP contribution < -0.4 is 10.5 Å². The first-order valence-electron chi connectivity index (χ1n) is 4.12. The highest BCUT2D eigenvalue weighted by Crippen LogP contribution is 2.14. The van der Waals surface area contributed by atoms with E-state index < -0.39 is 0 Å². The van der Waals surface area contributed by atoms with E-state index in [1.807, 2.05) is 12.1 Å². The smallest absolute Gasteiger partial charge is 0.216 e. The molecule has 3 N–H and O–H groups in total. The maximum absolute atomic E-state index is 8.77. The summed E-state index contributed by atoms with van der Waals surface area (Å²) in [6, 6.07) is 3.46. The van der Waals surface area contributed by atoms with E-state index in [9.17, 15) is 0 Å². The number of ether oxygens (including phenoxy) is 1. The molecule has 0 fully saturated rings. The number of nitrogens with zero attached hydrogens (tertiary/aromatic N) is 1. The molecule has 0 saturated carbocycles. The summed E-state index contributed by atoms with van der Waals surface area (Å²) in [7, 11) is 1.57. The molecule has 4 heteroatoms. The number of methoxy groups -OCH3 is 1. The summed E-state index contributed by atoms with van der Waals surface area (Å²) in [6.07, 6.45) is 2.24. The molecule has 0 aliphatic rings. The third-order valence-electron chi connectivity index (χ3n) is 1.76. The van der Waals surface area contributed by atoms with Crippen LogP contribution in [0.1, 0.15) is 5.56 Å². The number of aliphatic hydroxyl groups is 1. The second-order valence-electron chi connectivity index (χ2n) is 2.82.